The largest absolute Gasteiger partial charge is 0.444 e. The third-order valence-electron chi connectivity index (χ3n) is 7.37. The molecule has 2 aromatic rings. The fourth-order valence-corrected chi connectivity index (χ4v) is 8.55. The van der Waals surface area contributed by atoms with Crippen LogP contribution in [0, 0.1) is 5.82 Å². The van der Waals surface area contributed by atoms with Crippen LogP contribution in [0.3, 0.4) is 0 Å². The normalized spacial score (nSPS) is 21.9. The number of ether oxygens (including phenoxy) is 1. The van der Waals surface area contributed by atoms with E-state index in [1.807, 2.05) is 0 Å². The van der Waals surface area contributed by atoms with Gasteiger partial charge in [0.25, 0.3) is 0 Å². The van der Waals surface area contributed by atoms with E-state index in [-0.39, 0.29) is 47.5 Å². The van der Waals surface area contributed by atoms with Crippen molar-refractivity contribution in [2.75, 3.05) is 6.54 Å². The van der Waals surface area contributed by atoms with Crippen LogP contribution in [0.2, 0.25) is 0 Å². The molecule has 1 aliphatic heterocycles. The van der Waals surface area contributed by atoms with Crippen LogP contribution in [0.5, 0.6) is 0 Å². The topological polar surface area (TPSA) is 63.7 Å². The van der Waals surface area contributed by atoms with Gasteiger partial charge in [0.15, 0.2) is 9.84 Å². The Balaban J connectivity index is 1.96. The Morgan fingerprint density at radius 3 is 2.15 bits per heavy atom. The molecular weight excluding hydrogens is 654 g/mol. The van der Waals surface area contributed by atoms with Gasteiger partial charge >= 0.3 is 24.1 Å². The third-order valence-corrected chi connectivity index (χ3v) is 10.5. The molecule has 15 heteroatoms. The Kier molecular flexibility index (Phi) is 7.54. The number of hydrogen-bond donors (Lipinski definition) is 0. The highest BCUT2D eigenvalue weighted by molar-refractivity contribution is 9.10. The fraction of sp³-hybridized carbons (Fsp3) is 0.500. The minimum absolute atomic E-state index is 0.171. The van der Waals surface area contributed by atoms with E-state index in [9.17, 15) is 48.3 Å². The summed E-state index contributed by atoms with van der Waals surface area (Å²) in [6.07, 6.45) is -14.3. The minimum atomic E-state index is -6.36. The molecule has 1 amide bonds. The van der Waals surface area contributed by atoms with Gasteiger partial charge in [0.1, 0.15) is 16.2 Å². The molecule has 41 heavy (non-hydrogen) atoms. The van der Waals surface area contributed by atoms with Crippen LogP contribution in [-0.2, 0) is 31.4 Å². The minimum Gasteiger partial charge on any atom is -0.444 e. The zero-order chi connectivity index (χ0) is 31.0. The van der Waals surface area contributed by atoms with Crippen LogP contribution >= 0.6 is 15.9 Å². The van der Waals surface area contributed by atoms with Gasteiger partial charge in [-0.2, -0.15) is 26.3 Å². The average molecular weight is 678 g/mol. The fourth-order valence-electron chi connectivity index (χ4n) is 5.62. The summed E-state index contributed by atoms with van der Waals surface area (Å²) in [4.78, 5) is 13.9. The van der Waals surface area contributed by atoms with Crippen LogP contribution < -0.4 is 0 Å². The summed E-state index contributed by atoms with van der Waals surface area (Å²) in [6, 6.07) is 3.09. The number of likely N-dealkylation sites (tertiary alicyclic amines) is 1. The number of aryl methyl sites for hydroxylation is 1. The number of carbonyl (C=O) groups excluding carboxylic acids is 1. The second kappa shape index (κ2) is 9.81. The number of fused-ring (bicyclic) bond motifs is 3. The number of rotatable bonds is 3. The lowest BCUT2D eigenvalue weighted by molar-refractivity contribution is -0.348. The van der Waals surface area contributed by atoms with Gasteiger partial charge in [-0.05, 0) is 85.3 Å². The molecule has 0 saturated carbocycles. The first-order valence-electron chi connectivity index (χ1n) is 12.2. The molecule has 0 spiro atoms. The number of halogens is 9. The maximum atomic E-state index is 14.9. The van der Waals surface area contributed by atoms with Gasteiger partial charge in [-0.1, -0.05) is 18.2 Å². The lowest BCUT2D eigenvalue weighted by Crippen LogP contribution is -2.53. The van der Waals surface area contributed by atoms with Crippen molar-refractivity contribution in [2.45, 2.75) is 79.3 Å². The Labute approximate surface area is 238 Å². The van der Waals surface area contributed by atoms with E-state index < -0.39 is 66.6 Å². The van der Waals surface area contributed by atoms with Gasteiger partial charge in [0.05, 0.1) is 15.4 Å². The van der Waals surface area contributed by atoms with Gasteiger partial charge in [-0.15, -0.1) is 0 Å². The molecule has 0 bridgehead atoms. The summed E-state index contributed by atoms with van der Waals surface area (Å²) >= 11 is 2.92. The predicted molar refractivity (Wildman–Crippen MR) is 134 cm³/mol. The quantitative estimate of drug-likeness (QED) is 0.249. The maximum Gasteiger partial charge on any atom is 0.435 e. The van der Waals surface area contributed by atoms with Crippen LogP contribution in [-0.4, -0.2) is 50.0 Å². The van der Waals surface area contributed by atoms with Crippen LogP contribution in [0.4, 0.5) is 39.9 Å². The molecule has 5 nitrogen and oxygen atoms in total. The number of hydrogen-bond acceptors (Lipinski definition) is 4. The predicted octanol–water partition coefficient (Wildman–Crippen LogP) is 7.50. The second-order valence-electron chi connectivity index (χ2n) is 11.0. The van der Waals surface area contributed by atoms with Crippen molar-refractivity contribution in [2.24, 2.45) is 0 Å². The van der Waals surface area contributed by atoms with Crippen molar-refractivity contribution in [1.82, 2.24) is 4.90 Å². The Morgan fingerprint density at radius 2 is 1.61 bits per heavy atom. The summed E-state index contributed by atoms with van der Waals surface area (Å²) in [5, 5.41) is 0. The Morgan fingerprint density at radius 1 is 1.00 bits per heavy atom. The Hall–Kier alpha value is -2.42. The summed E-state index contributed by atoms with van der Waals surface area (Å²) in [6.45, 7) is 4.58. The van der Waals surface area contributed by atoms with E-state index in [4.69, 9.17) is 4.74 Å². The lowest BCUT2D eigenvalue weighted by atomic mass is 9.77. The van der Waals surface area contributed by atoms with E-state index in [0.717, 1.165) is 24.3 Å². The van der Waals surface area contributed by atoms with E-state index in [1.54, 1.807) is 20.8 Å². The third kappa shape index (κ3) is 4.90. The van der Waals surface area contributed by atoms with Crippen molar-refractivity contribution in [3.05, 3.63) is 63.4 Å². The first-order chi connectivity index (χ1) is 18.6. The monoisotopic (exact) mass is 677 g/mol. The summed E-state index contributed by atoms with van der Waals surface area (Å²) in [5.74, 6) is -0.785. The van der Waals surface area contributed by atoms with E-state index in [2.05, 4.69) is 15.9 Å². The number of amides is 1. The average Bonchev–Trinajstić information content (AvgIpc) is 3.24. The number of sulfone groups is 1. The lowest BCUT2D eigenvalue weighted by Gasteiger charge is -2.43. The van der Waals surface area contributed by atoms with Crippen molar-refractivity contribution in [1.29, 1.82) is 0 Å². The number of nitrogens with zero attached hydrogens (tertiary/aromatic N) is 1. The first-order valence-corrected chi connectivity index (χ1v) is 14.5. The van der Waals surface area contributed by atoms with Crippen LogP contribution in [0.25, 0.3) is 0 Å². The van der Waals surface area contributed by atoms with E-state index in [0.29, 0.717) is 6.07 Å². The summed E-state index contributed by atoms with van der Waals surface area (Å²) < 4.78 is 142. The highest BCUT2D eigenvalue weighted by atomic mass is 79.9. The van der Waals surface area contributed by atoms with Gasteiger partial charge in [-0.3, -0.25) is 0 Å². The zero-order valence-corrected chi connectivity index (χ0v) is 24.2. The molecule has 2 aliphatic rings. The summed E-state index contributed by atoms with van der Waals surface area (Å²) in [5.41, 5.74) is -8.84. The highest BCUT2D eigenvalue weighted by Crippen LogP contribution is 2.57. The highest BCUT2D eigenvalue weighted by Gasteiger charge is 2.74. The molecule has 0 N–H and O–H groups in total. The van der Waals surface area contributed by atoms with Crippen molar-refractivity contribution in [3.63, 3.8) is 0 Å². The number of alkyl halides is 7. The standard InChI is InChI=1S/C26H24BrF8NO4S/c1-22(2,3)40-21(37)36-11-10-23(41(38,39)16-6-8-19(28)18(27)13-16)17-7-5-15(12-14(17)4-9-20(23)36)24(29,25(30,31)32)26(33,34)35/h5-8,12-13,20H,4,9-11H2,1-3H3. The first kappa shape index (κ1) is 31.5. The smallest absolute Gasteiger partial charge is 0.435 e. The Bertz CT molecular complexity index is 1470. The molecule has 4 rings (SSSR count). The molecule has 226 valence electrons. The van der Waals surface area contributed by atoms with Gasteiger partial charge in [-0.25, -0.2) is 22.0 Å². The van der Waals surface area contributed by atoms with E-state index in [1.165, 1.54) is 4.90 Å². The molecule has 0 aromatic heterocycles. The molecule has 2 unspecified atom stereocenters. The molecule has 1 saturated heterocycles. The number of benzene rings is 2. The maximum absolute atomic E-state index is 14.9. The molecule has 1 aliphatic carbocycles. The second-order valence-corrected chi connectivity index (χ2v) is 14.0. The molecular formula is C26H24BrF8NO4S. The molecule has 1 fully saturated rings. The van der Waals surface area contributed by atoms with Crippen molar-refractivity contribution in [3.8, 4) is 0 Å². The summed E-state index contributed by atoms with van der Waals surface area (Å²) in [7, 11) is -4.61. The number of carbonyl (C=O) groups is 1. The van der Waals surface area contributed by atoms with Crippen molar-refractivity contribution >= 4 is 31.9 Å². The van der Waals surface area contributed by atoms with Gasteiger partial charge < -0.3 is 9.64 Å². The van der Waals surface area contributed by atoms with Gasteiger partial charge in [0, 0.05) is 12.1 Å². The van der Waals surface area contributed by atoms with Crippen LogP contribution in [0.1, 0.15) is 50.3 Å². The molecule has 0 radical (unpaired) electrons. The molecule has 1 heterocycles. The zero-order valence-electron chi connectivity index (χ0n) is 21.8. The van der Waals surface area contributed by atoms with Gasteiger partial charge in [0.2, 0.25) is 0 Å². The van der Waals surface area contributed by atoms with E-state index >= 15 is 0 Å². The SMILES string of the molecule is CC(C)(C)OC(=O)N1CCC2(S(=O)(=O)c3ccc(F)c(Br)c3)c3ccc(C(F)(C(F)(F)F)C(F)(F)F)cc3CCC12. The van der Waals surface area contributed by atoms with Crippen LogP contribution in [0.15, 0.2) is 45.8 Å². The van der Waals surface area contributed by atoms with Crippen molar-refractivity contribution < 1.29 is 53.1 Å². The molecule has 2 aromatic carbocycles. The molecule has 2 atom stereocenters.